The summed E-state index contributed by atoms with van der Waals surface area (Å²) < 4.78 is 5.55. The van der Waals surface area contributed by atoms with Gasteiger partial charge in [-0.1, -0.05) is 12.1 Å². The van der Waals surface area contributed by atoms with Crippen LogP contribution < -0.4 is 10.1 Å². The topological polar surface area (TPSA) is 41.5 Å². The van der Waals surface area contributed by atoms with Crippen LogP contribution in [0.15, 0.2) is 24.3 Å². The maximum absolute atomic E-state index is 9.80. The Balaban J connectivity index is 2.22. The fraction of sp³-hybridized carbons (Fsp3) is 0.571. The Hall–Kier alpha value is -0.710. The van der Waals surface area contributed by atoms with E-state index in [-0.39, 0.29) is 0 Å². The standard InChI is InChI=1S/C14H23NO2S/c1-11-5-4-6-14(7-11)17-9-13(16)8-15-12(2)10-18-3/h4-7,12-13,15-16H,8-10H2,1-3H3. The average molecular weight is 269 g/mol. The van der Waals surface area contributed by atoms with Gasteiger partial charge in [0.15, 0.2) is 0 Å². The Morgan fingerprint density at radius 1 is 1.44 bits per heavy atom. The molecule has 0 bridgehead atoms. The third-order valence-electron chi connectivity index (χ3n) is 2.55. The van der Waals surface area contributed by atoms with E-state index in [2.05, 4.69) is 18.5 Å². The quantitative estimate of drug-likeness (QED) is 0.758. The van der Waals surface area contributed by atoms with Crippen molar-refractivity contribution in [1.29, 1.82) is 0 Å². The number of aryl methyl sites for hydroxylation is 1. The van der Waals surface area contributed by atoms with E-state index in [1.807, 2.05) is 31.2 Å². The summed E-state index contributed by atoms with van der Waals surface area (Å²) >= 11 is 1.80. The number of benzene rings is 1. The minimum absolute atomic E-state index is 0.322. The zero-order valence-corrected chi connectivity index (χ0v) is 12.2. The highest BCUT2D eigenvalue weighted by atomic mass is 32.2. The summed E-state index contributed by atoms with van der Waals surface area (Å²) in [5.41, 5.74) is 1.16. The van der Waals surface area contributed by atoms with Crippen molar-refractivity contribution in [3.05, 3.63) is 29.8 Å². The van der Waals surface area contributed by atoms with E-state index >= 15 is 0 Å². The van der Waals surface area contributed by atoms with E-state index in [0.717, 1.165) is 17.1 Å². The number of rotatable bonds is 8. The van der Waals surface area contributed by atoms with E-state index in [1.54, 1.807) is 11.8 Å². The van der Waals surface area contributed by atoms with Gasteiger partial charge in [0.25, 0.3) is 0 Å². The molecule has 2 N–H and O–H groups in total. The van der Waals surface area contributed by atoms with Gasteiger partial charge in [-0.15, -0.1) is 0 Å². The summed E-state index contributed by atoms with van der Waals surface area (Å²) in [4.78, 5) is 0. The van der Waals surface area contributed by atoms with Crippen molar-refractivity contribution < 1.29 is 9.84 Å². The largest absolute Gasteiger partial charge is 0.491 e. The van der Waals surface area contributed by atoms with Crippen molar-refractivity contribution >= 4 is 11.8 Å². The maximum atomic E-state index is 9.80. The van der Waals surface area contributed by atoms with Crippen LogP contribution in [0.25, 0.3) is 0 Å². The third kappa shape index (κ3) is 6.28. The lowest BCUT2D eigenvalue weighted by Gasteiger charge is -2.17. The summed E-state index contributed by atoms with van der Waals surface area (Å²) in [6.07, 6.45) is 1.60. The van der Waals surface area contributed by atoms with Gasteiger partial charge in [-0.05, 0) is 37.8 Å². The molecule has 0 saturated carbocycles. The molecule has 0 spiro atoms. The first-order valence-electron chi connectivity index (χ1n) is 6.21. The number of hydrogen-bond donors (Lipinski definition) is 2. The van der Waals surface area contributed by atoms with Gasteiger partial charge in [-0.2, -0.15) is 11.8 Å². The van der Waals surface area contributed by atoms with E-state index in [1.165, 1.54) is 0 Å². The van der Waals surface area contributed by atoms with Crippen LogP contribution in [0.1, 0.15) is 12.5 Å². The maximum Gasteiger partial charge on any atom is 0.119 e. The average Bonchev–Trinajstić information content (AvgIpc) is 2.34. The molecular formula is C14H23NO2S. The van der Waals surface area contributed by atoms with Gasteiger partial charge in [0.1, 0.15) is 18.5 Å². The Bertz CT molecular complexity index is 346. The van der Waals surface area contributed by atoms with Crippen LogP contribution in [0.4, 0.5) is 0 Å². The molecular weight excluding hydrogens is 246 g/mol. The fourth-order valence-electron chi connectivity index (χ4n) is 1.60. The minimum atomic E-state index is -0.477. The second-order valence-corrected chi connectivity index (χ2v) is 5.46. The van der Waals surface area contributed by atoms with Crippen molar-refractivity contribution in [2.24, 2.45) is 0 Å². The SMILES string of the molecule is CSCC(C)NCC(O)COc1cccc(C)c1. The molecule has 0 heterocycles. The Morgan fingerprint density at radius 3 is 2.89 bits per heavy atom. The highest BCUT2D eigenvalue weighted by Crippen LogP contribution is 2.12. The zero-order valence-electron chi connectivity index (χ0n) is 11.3. The van der Waals surface area contributed by atoms with Crippen molar-refractivity contribution in [3.63, 3.8) is 0 Å². The second-order valence-electron chi connectivity index (χ2n) is 4.55. The Labute approximate surface area is 114 Å². The van der Waals surface area contributed by atoms with Crippen LogP contribution >= 0.6 is 11.8 Å². The van der Waals surface area contributed by atoms with Gasteiger partial charge >= 0.3 is 0 Å². The molecule has 1 aromatic carbocycles. The Kier molecular flexibility index (Phi) is 7.16. The van der Waals surface area contributed by atoms with Crippen molar-refractivity contribution in [2.75, 3.05) is 25.2 Å². The molecule has 0 aliphatic rings. The number of aliphatic hydroxyl groups is 1. The van der Waals surface area contributed by atoms with Crippen molar-refractivity contribution in [1.82, 2.24) is 5.32 Å². The lowest BCUT2D eigenvalue weighted by molar-refractivity contribution is 0.105. The highest BCUT2D eigenvalue weighted by molar-refractivity contribution is 7.98. The normalized spacial score (nSPS) is 14.2. The number of ether oxygens (including phenoxy) is 1. The molecule has 3 nitrogen and oxygen atoms in total. The first-order valence-corrected chi connectivity index (χ1v) is 7.61. The van der Waals surface area contributed by atoms with Gasteiger partial charge in [0.05, 0.1) is 0 Å². The molecule has 4 heteroatoms. The number of thioether (sulfide) groups is 1. The third-order valence-corrected chi connectivity index (χ3v) is 3.38. The lowest BCUT2D eigenvalue weighted by Crippen LogP contribution is -2.37. The van der Waals surface area contributed by atoms with Crippen LogP contribution in [-0.4, -0.2) is 42.4 Å². The molecule has 0 aliphatic heterocycles. The van der Waals surface area contributed by atoms with Crippen LogP contribution in [-0.2, 0) is 0 Å². The lowest BCUT2D eigenvalue weighted by atomic mass is 10.2. The predicted molar refractivity (Wildman–Crippen MR) is 78.5 cm³/mol. The molecule has 0 saturated heterocycles. The highest BCUT2D eigenvalue weighted by Gasteiger charge is 2.07. The Morgan fingerprint density at radius 2 is 2.22 bits per heavy atom. The molecule has 102 valence electrons. The van der Waals surface area contributed by atoms with E-state index in [4.69, 9.17) is 4.74 Å². The summed E-state index contributed by atoms with van der Waals surface area (Å²) in [6, 6.07) is 8.26. The molecule has 0 fully saturated rings. The molecule has 0 amide bonds. The van der Waals surface area contributed by atoms with Crippen LogP contribution in [0, 0.1) is 6.92 Å². The zero-order chi connectivity index (χ0) is 13.4. The molecule has 18 heavy (non-hydrogen) atoms. The number of hydrogen-bond acceptors (Lipinski definition) is 4. The van der Waals surface area contributed by atoms with Gasteiger partial charge in [0.2, 0.25) is 0 Å². The summed E-state index contributed by atoms with van der Waals surface area (Å²) in [7, 11) is 0. The summed E-state index contributed by atoms with van der Waals surface area (Å²) in [5.74, 6) is 1.86. The van der Waals surface area contributed by atoms with Gasteiger partial charge < -0.3 is 15.2 Å². The van der Waals surface area contributed by atoms with Crippen LogP contribution in [0.3, 0.4) is 0 Å². The minimum Gasteiger partial charge on any atom is -0.491 e. The molecule has 0 radical (unpaired) electrons. The predicted octanol–water partition coefficient (Wildman–Crippen LogP) is 2.08. The van der Waals surface area contributed by atoms with Gasteiger partial charge in [0, 0.05) is 18.3 Å². The summed E-state index contributed by atoms with van der Waals surface area (Å²) in [6.45, 7) is 5.02. The van der Waals surface area contributed by atoms with Crippen molar-refractivity contribution in [2.45, 2.75) is 26.0 Å². The summed E-state index contributed by atoms with van der Waals surface area (Å²) in [5, 5.41) is 13.1. The van der Waals surface area contributed by atoms with Gasteiger partial charge in [-0.25, -0.2) is 0 Å². The monoisotopic (exact) mass is 269 g/mol. The fourth-order valence-corrected chi connectivity index (χ4v) is 2.22. The first-order chi connectivity index (χ1) is 8.61. The van der Waals surface area contributed by atoms with Crippen LogP contribution in [0.2, 0.25) is 0 Å². The van der Waals surface area contributed by atoms with E-state index in [9.17, 15) is 5.11 Å². The van der Waals surface area contributed by atoms with Crippen molar-refractivity contribution in [3.8, 4) is 5.75 Å². The molecule has 1 rings (SSSR count). The van der Waals surface area contributed by atoms with E-state index in [0.29, 0.717) is 19.2 Å². The smallest absolute Gasteiger partial charge is 0.119 e. The van der Waals surface area contributed by atoms with E-state index < -0.39 is 6.10 Å². The molecule has 2 unspecified atom stereocenters. The molecule has 0 aromatic heterocycles. The number of aliphatic hydroxyl groups excluding tert-OH is 1. The molecule has 0 aliphatic carbocycles. The number of nitrogens with one attached hydrogen (secondary N) is 1. The first kappa shape index (κ1) is 15.3. The van der Waals surface area contributed by atoms with Crippen LogP contribution in [0.5, 0.6) is 5.75 Å². The molecule has 2 atom stereocenters. The second kappa shape index (κ2) is 8.40. The molecule has 1 aromatic rings. The van der Waals surface area contributed by atoms with Gasteiger partial charge in [-0.3, -0.25) is 0 Å².